The van der Waals surface area contributed by atoms with Gasteiger partial charge in [0.15, 0.2) is 6.29 Å². The van der Waals surface area contributed by atoms with Gasteiger partial charge in [0.2, 0.25) is 0 Å². The molecule has 0 amide bonds. The van der Waals surface area contributed by atoms with Crippen LogP contribution in [-0.2, 0) is 6.54 Å². The van der Waals surface area contributed by atoms with Crippen molar-refractivity contribution in [2.24, 2.45) is 0 Å². The van der Waals surface area contributed by atoms with Gasteiger partial charge in [-0.25, -0.2) is 4.98 Å². The Bertz CT molecular complexity index is 1420. The highest BCUT2D eigenvalue weighted by Crippen LogP contribution is 2.38. The van der Waals surface area contributed by atoms with Gasteiger partial charge in [-0.2, -0.15) is 0 Å². The van der Waals surface area contributed by atoms with E-state index in [1.807, 2.05) is 60.7 Å². The maximum Gasteiger partial charge on any atom is 0.168 e. The minimum Gasteiger partial charge on any atom is -0.334 e. The van der Waals surface area contributed by atoms with Gasteiger partial charge in [-0.1, -0.05) is 71.7 Å². The monoisotopic (exact) mass is 430 g/mol. The molecule has 0 unspecified atom stereocenters. The predicted molar refractivity (Wildman–Crippen MR) is 124 cm³/mol. The van der Waals surface area contributed by atoms with Crippen molar-refractivity contribution in [3.8, 4) is 11.3 Å². The lowest BCUT2D eigenvalue weighted by molar-refractivity contribution is 0.111. The van der Waals surface area contributed by atoms with Gasteiger partial charge in [0.1, 0.15) is 5.69 Å². The van der Waals surface area contributed by atoms with E-state index in [1.165, 1.54) is 0 Å². The van der Waals surface area contributed by atoms with Crippen LogP contribution in [0.2, 0.25) is 10.0 Å². The molecule has 0 bridgehead atoms. The Labute approximate surface area is 183 Å². The summed E-state index contributed by atoms with van der Waals surface area (Å²) in [5.74, 6) is 0. The summed E-state index contributed by atoms with van der Waals surface area (Å²) in [5, 5.41) is 3.32. The fourth-order valence-corrected chi connectivity index (χ4v) is 4.42. The second-order valence-electron chi connectivity index (χ2n) is 7.12. The minimum absolute atomic E-state index is 0.378. The SMILES string of the molecule is O=Cc1cc2c3ccccc3n(Cc3cccc(Cl)c3)c2c(-c2ccccc2Cl)n1. The second-order valence-corrected chi connectivity index (χ2v) is 7.97. The third-order valence-electron chi connectivity index (χ3n) is 5.25. The van der Waals surface area contributed by atoms with Crippen LogP contribution in [0.1, 0.15) is 16.1 Å². The maximum atomic E-state index is 11.7. The molecule has 0 aliphatic carbocycles. The Morgan fingerprint density at radius 2 is 1.67 bits per heavy atom. The number of hydrogen-bond donors (Lipinski definition) is 0. The summed E-state index contributed by atoms with van der Waals surface area (Å²) < 4.78 is 2.22. The number of rotatable bonds is 4. The van der Waals surface area contributed by atoms with Crippen molar-refractivity contribution in [1.82, 2.24) is 9.55 Å². The van der Waals surface area contributed by atoms with Crippen LogP contribution in [0.4, 0.5) is 0 Å². The zero-order valence-electron chi connectivity index (χ0n) is 15.8. The molecule has 0 atom stereocenters. The van der Waals surface area contributed by atoms with Crippen LogP contribution in [0.15, 0.2) is 78.9 Å². The molecule has 2 heterocycles. The number of nitrogens with zero attached hydrogens (tertiary/aromatic N) is 2. The van der Waals surface area contributed by atoms with E-state index in [2.05, 4.69) is 27.8 Å². The number of benzene rings is 3. The van der Waals surface area contributed by atoms with Crippen LogP contribution in [0.5, 0.6) is 0 Å². The first-order chi connectivity index (χ1) is 14.7. The number of hydrogen-bond acceptors (Lipinski definition) is 2. The van der Waals surface area contributed by atoms with Crippen molar-refractivity contribution < 1.29 is 4.79 Å². The number of fused-ring (bicyclic) bond motifs is 3. The van der Waals surface area contributed by atoms with E-state index in [9.17, 15) is 4.79 Å². The average molecular weight is 431 g/mol. The molecule has 0 saturated carbocycles. The van der Waals surface area contributed by atoms with Crippen molar-refractivity contribution in [3.63, 3.8) is 0 Å². The molecular formula is C25H16Cl2N2O. The van der Waals surface area contributed by atoms with Crippen molar-refractivity contribution in [2.75, 3.05) is 0 Å². The van der Waals surface area contributed by atoms with E-state index in [4.69, 9.17) is 23.2 Å². The molecule has 0 N–H and O–H groups in total. The molecule has 5 rings (SSSR count). The summed E-state index contributed by atoms with van der Waals surface area (Å²) in [4.78, 5) is 16.3. The van der Waals surface area contributed by atoms with Crippen molar-refractivity contribution >= 4 is 51.3 Å². The standard InChI is InChI=1S/C25H16Cl2N2O/c26-17-7-5-6-16(12-17)14-29-23-11-4-2-8-19(23)21-13-18(15-30)28-24(25(21)29)20-9-1-3-10-22(20)27/h1-13,15H,14H2. The van der Waals surface area contributed by atoms with Gasteiger partial charge in [0.25, 0.3) is 0 Å². The molecule has 0 fully saturated rings. The largest absolute Gasteiger partial charge is 0.334 e. The Morgan fingerprint density at radius 1 is 0.867 bits per heavy atom. The lowest BCUT2D eigenvalue weighted by Gasteiger charge is -2.12. The molecule has 0 saturated heterocycles. The number of aromatic nitrogens is 2. The number of para-hydroxylation sites is 1. The van der Waals surface area contributed by atoms with E-state index in [-0.39, 0.29) is 0 Å². The van der Waals surface area contributed by atoms with Gasteiger partial charge in [-0.15, -0.1) is 0 Å². The molecule has 0 radical (unpaired) electrons. The first-order valence-corrected chi connectivity index (χ1v) is 10.3. The van der Waals surface area contributed by atoms with E-state index in [0.29, 0.717) is 28.0 Å². The number of carbonyl (C=O) groups is 1. The zero-order valence-corrected chi connectivity index (χ0v) is 17.4. The van der Waals surface area contributed by atoms with Crippen LogP contribution in [-0.4, -0.2) is 15.8 Å². The number of carbonyl (C=O) groups excluding carboxylic acids is 1. The van der Waals surface area contributed by atoms with Crippen LogP contribution >= 0.6 is 23.2 Å². The van der Waals surface area contributed by atoms with Gasteiger partial charge < -0.3 is 4.57 Å². The quantitative estimate of drug-likeness (QED) is 0.287. The lowest BCUT2D eigenvalue weighted by Crippen LogP contribution is -2.02. The van der Waals surface area contributed by atoms with E-state index in [0.717, 1.165) is 39.2 Å². The van der Waals surface area contributed by atoms with E-state index >= 15 is 0 Å². The fourth-order valence-electron chi connectivity index (χ4n) is 3.98. The highest BCUT2D eigenvalue weighted by Gasteiger charge is 2.19. The minimum atomic E-state index is 0.378. The fraction of sp³-hybridized carbons (Fsp3) is 0.0400. The van der Waals surface area contributed by atoms with E-state index < -0.39 is 0 Å². The molecule has 146 valence electrons. The number of pyridine rings is 1. The molecule has 0 spiro atoms. The molecule has 2 aromatic heterocycles. The van der Waals surface area contributed by atoms with Crippen LogP contribution in [0.25, 0.3) is 33.1 Å². The zero-order chi connectivity index (χ0) is 20.7. The molecule has 0 aliphatic heterocycles. The van der Waals surface area contributed by atoms with Crippen LogP contribution in [0.3, 0.4) is 0 Å². The molecule has 5 heteroatoms. The topological polar surface area (TPSA) is 34.9 Å². The Hall–Kier alpha value is -3.14. The summed E-state index contributed by atoms with van der Waals surface area (Å²) in [7, 11) is 0. The third kappa shape index (κ3) is 3.17. The van der Waals surface area contributed by atoms with E-state index in [1.54, 1.807) is 0 Å². The Kier molecular flexibility index (Phi) is 4.78. The normalized spacial score (nSPS) is 11.3. The Balaban J connectivity index is 1.90. The highest BCUT2D eigenvalue weighted by molar-refractivity contribution is 6.33. The molecule has 0 aliphatic rings. The van der Waals surface area contributed by atoms with Gasteiger partial charge in [0, 0.05) is 33.4 Å². The van der Waals surface area contributed by atoms with Crippen LogP contribution < -0.4 is 0 Å². The summed E-state index contributed by atoms with van der Waals surface area (Å²) in [6, 6.07) is 25.4. The summed E-state index contributed by atoms with van der Waals surface area (Å²) in [5.41, 5.74) is 4.94. The maximum absolute atomic E-state index is 11.7. The summed E-state index contributed by atoms with van der Waals surface area (Å²) >= 11 is 12.8. The van der Waals surface area contributed by atoms with Gasteiger partial charge in [0.05, 0.1) is 16.2 Å². The number of aldehydes is 1. The Morgan fingerprint density at radius 3 is 2.47 bits per heavy atom. The predicted octanol–water partition coefficient (Wildman–Crippen LogP) is 7.02. The lowest BCUT2D eigenvalue weighted by atomic mass is 10.1. The first-order valence-electron chi connectivity index (χ1n) is 9.52. The van der Waals surface area contributed by atoms with Crippen LogP contribution in [0, 0.1) is 0 Å². The van der Waals surface area contributed by atoms with Crippen molar-refractivity contribution in [3.05, 3.63) is 100 Å². The number of halogens is 2. The third-order valence-corrected chi connectivity index (χ3v) is 5.81. The molecular weight excluding hydrogens is 415 g/mol. The van der Waals surface area contributed by atoms with Crippen molar-refractivity contribution in [1.29, 1.82) is 0 Å². The first kappa shape index (κ1) is 18.9. The molecule has 5 aromatic rings. The smallest absolute Gasteiger partial charge is 0.168 e. The molecule has 3 aromatic carbocycles. The van der Waals surface area contributed by atoms with Gasteiger partial charge in [-0.3, -0.25) is 4.79 Å². The molecule has 3 nitrogen and oxygen atoms in total. The second kappa shape index (κ2) is 7.60. The summed E-state index contributed by atoms with van der Waals surface area (Å²) in [6.07, 6.45) is 0.781. The average Bonchev–Trinajstić information content (AvgIpc) is 3.07. The highest BCUT2D eigenvalue weighted by atomic mass is 35.5. The van der Waals surface area contributed by atoms with Gasteiger partial charge in [-0.05, 0) is 35.9 Å². The summed E-state index contributed by atoms with van der Waals surface area (Å²) in [6.45, 7) is 0.615. The van der Waals surface area contributed by atoms with Gasteiger partial charge >= 0.3 is 0 Å². The molecule has 30 heavy (non-hydrogen) atoms. The van der Waals surface area contributed by atoms with Crippen molar-refractivity contribution in [2.45, 2.75) is 6.54 Å².